The molecule has 2 atom stereocenters. The number of hydrogen-bond acceptors (Lipinski definition) is 6. The van der Waals surface area contributed by atoms with Gasteiger partial charge < -0.3 is 10.0 Å². The van der Waals surface area contributed by atoms with Crippen molar-refractivity contribution >= 4 is 22.0 Å². The van der Waals surface area contributed by atoms with Crippen molar-refractivity contribution in [3.05, 3.63) is 138 Å². The number of β-lactam (4-membered cyclic amide) rings is 1. The van der Waals surface area contributed by atoms with Crippen LogP contribution in [-0.2, 0) is 29.4 Å². The second-order valence-corrected chi connectivity index (χ2v) is 11.6. The fraction of sp³-hybridized carbons (Fsp3) is 0.188. The van der Waals surface area contributed by atoms with Crippen LogP contribution in [0.3, 0.4) is 0 Å². The van der Waals surface area contributed by atoms with Crippen molar-refractivity contribution in [3.8, 4) is 0 Å². The van der Waals surface area contributed by atoms with Crippen molar-refractivity contribution in [2.75, 3.05) is 13.2 Å². The Hall–Kier alpha value is -4.31. The van der Waals surface area contributed by atoms with Crippen LogP contribution in [0.25, 0.3) is 0 Å². The van der Waals surface area contributed by atoms with Crippen LogP contribution < -0.4 is 5.32 Å². The van der Waals surface area contributed by atoms with Gasteiger partial charge in [0.1, 0.15) is 12.6 Å². The molecule has 0 aliphatic carbocycles. The Kier molecular flexibility index (Phi) is 8.03. The van der Waals surface area contributed by atoms with E-state index < -0.39 is 52.8 Å². The third-order valence-corrected chi connectivity index (χ3v) is 8.63. The molecule has 1 aliphatic heterocycles. The molecule has 1 amide bonds. The number of nitrogens with one attached hydrogen (secondary N) is 1. The van der Waals surface area contributed by atoms with Gasteiger partial charge in [-0.1, -0.05) is 109 Å². The normalized spacial score (nSPS) is 17.2. The highest BCUT2D eigenvalue weighted by molar-refractivity contribution is 7.86. The first-order chi connectivity index (χ1) is 19.7. The molecule has 210 valence electrons. The van der Waals surface area contributed by atoms with Gasteiger partial charge in [0.15, 0.2) is 0 Å². The maximum Gasteiger partial charge on any atom is 0.323 e. The lowest BCUT2D eigenvalue weighted by Gasteiger charge is -2.50. The van der Waals surface area contributed by atoms with Crippen molar-refractivity contribution < 1.29 is 27.3 Å². The molecule has 0 spiro atoms. The van der Waals surface area contributed by atoms with Gasteiger partial charge in [0, 0.05) is 0 Å². The van der Waals surface area contributed by atoms with E-state index in [1.807, 2.05) is 97.9 Å². The molecule has 0 radical (unpaired) electrons. The minimum atomic E-state index is -4.15. The molecule has 1 fully saturated rings. The van der Waals surface area contributed by atoms with Gasteiger partial charge in [0.2, 0.25) is 5.91 Å². The third kappa shape index (κ3) is 5.65. The molecule has 4 aromatic carbocycles. The van der Waals surface area contributed by atoms with Gasteiger partial charge in [-0.2, -0.15) is 8.42 Å². The van der Waals surface area contributed by atoms with Crippen molar-refractivity contribution in [1.29, 1.82) is 0 Å². The first kappa shape index (κ1) is 28.2. The number of hydrogen-bond donors (Lipinski definition) is 2. The van der Waals surface area contributed by atoms with Gasteiger partial charge in [0.05, 0.1) is 23.1 Å². The summed E-state index contributed by atoms with van der Waals surface area (Å²) in [7, 11) is -4.15. The smallest absolute Gasteiger partial charge is 0.323 e. The summed E-state index contributed by atoms with van der Waals surface area (Å²) in [5.41, 5.74) is 2.44. The summed E-state index contributed by atoms with van der Waals surface area (Å²) in [4.78, 5) is 26.3. The van der Waals surface area contributed by atoms with E-state index in [-0.39, 0.29) is 4.90 Å². The van der Waals surface area contributed by atoms with Crippen LogP contribution in [0.15, 0.2) is 120 Å². The summed E-state index contributed by atoms with van der Waals surface area (Å²) in [5.74, 6) is -1.66. The second-order valence-electron chi connectivity index (χ2n) is 9.95. The summed E-state index contributed by atoms with van der Waals surface area (Å²) in [6, 6.07) is 33.3. The summed E-state index contributed by atoms with van der Waals surface area (Å²) in [5, 5.41) is 13.0. The Morgan fingerprint density at radius 2 is 1.29 bits per heavy atom. The first-order valence-electron chi connectivity index (χ1n) is 13.1. The maximum absolute atomic E-state index is 13.5. The number of carboxylic acids is 1. The average molecular weight is 571 g/mol. The molecule has 5 rings (SSSR count). The van der Waals surface area contributed by atoms with Crippen LogP contribution in [0.4, 0.5) is 0 Å². The zero-order valence-corrected chi connectivity index (χ0v) is 23.2. The van der Waals surface area contributed by atoms with E-state index in [2.05, 4.69) is 5.32 Å². The van der Waals surface area contributed by atoms with Crippen LogP contribution in [0.2, 0.25) is 0 Å². The number of carboxylic acid groups (broad SMARTS) is 1. The Balaban J connectivity index is 1.55. The number of benzene rings is 4. The molecule has 9 heteroatoms. The van der Waals surface area contributed by atoms with Gasteiger partial charge in [-0.25, -0.2) is 0 Å². The van der Waals surface area contributed by atoms with E-state index >= 15 is 0 Å². The van der Waals surface area contributed by atoms with Crippen LogP contribution in [0, 0.1) is 6.92 Å². The fourth-order valence-electron chi connectivity index (χ4n) is 5.27. The Morgan fingerprint density at radius 1 is 0.829 bits per heavy atom. The van der Waals surface area contributed by atoms with E-state index in [9.17, 15) is 23.1 Å². The van der Waals surface area contributed by atoms with Gasteiger partial charge >= 0.3 is 5.97 Å². The highest BCUT2D eigenvalue weighted by Gasteiger charge is 2.53. The topological polar surface area (TPSA) is 113 Å². The lowest BCUT2D eigenvalue weighted by molar-refractivity contribution is -0.161. The molecule has 2 unspecified atom stereocenters. The molecule has 41 heavy (non-hydrogen) atoms. The molecule has 8 nitrogen and oxygen atoms in total. The predicted molar refractivity (Wildman–Crippen MR) is 154 cm³/mol. The first-order valence-corrected chi connectivity index (χ1v) is 14.6. The quantitative estimate of drug-likeness (QED) is 0.160. The standard InChI is InChI=1S/C32H30N2O6S/c1-23-17-19-27(20-18-23)41(38,39)40-22-28-30(31(37)34(28)21-29(35)36)33-32(24-11-5-2-6-12-24,25-13-7-3-8-14-25)26-15-9-4-10-16-26/h2-20,28,30,33H,21-22H2,1H3,(H,35,36). The molecule has 0 saturated carbocycles. The van der Waals surface area contributed by atoms with Gasteiger partial charge in [-0.15, -0.1) is 0 Å². The number of amides is 1. The molecule has 0 aromatic heterocycles. The van der Waals surface area contributed by atoms with Gasteiger partial charge in [-0.3, -0.25) is 19.1 Å². The van der Waals surface area contributed by atoms with E-state index in [0.717, 1.165) is 27.2 Å². The molecule has 1 heterocycles. The third-order valence-electron chi connectivity index (χ3n) is 7.34. The molecular weight excluding hydrogens is 540 g/mol. The summed E-state index contributed by atoms with van der Waals surface area (Å²) in [6.45, 7) is 0.849. The zero-order valence-electron chi connectivity index (χ0n) is 22.4. The number of rotatable bonds is 11. The average Bonchev–Trinajstić information content (AvgIpc) is 2.99. The van der Waals surface area contributed by atoms with Crippen molar-refractivity contribution in [2.24, 2.45) is 0 Å². The fourth-order valence-corrected chi connectivity index (χ4v) is 6.19. The summed E-state index contributed by atoms with van der Waals surface area (Å²) < 4.78 is 31.4. The van der Waals surface area contributed by atoms with Crippen LogP contribution in [-0.4, -0.2) is 55.5 Å². The Bertz CT molecular complexity index is 1510. The van der Waals surface area contributed by atoms with Crippen LogP contribution >= 0.6 is 0 Å². The molecule has 1 saturated heterocycles. The van der Waals surface area contributed by atoms with Crippen molar-refractivity contribution in [1.82, 2.24) is 10.2 Å². The number of likely N-dealkylation sites (tertiary alicyclic amines) is 1. The second kappa shape index (κ2) is 11.7. The van der Waals surface area contributed by atoms with E-state index in [1.165, 1.54) is 12.1 Å². The zero-order chi connectivity index (χ0) is 29.0. The van der Waals surface area contributed by atoms with E-state index in [0.29, 0.717) is 0 Å². The van der Waals surface area contributed by atoms with Crippen LogP contribution in [0.1, 0.15) is 22.3 Å². The molecule has 4 aromatic rings. The number of carbonyl (C=O) groups is 2. The minimum Gasteiger partial charge on any atom is -0.480 e. The Morgan fingerprint density at radius 3 is 1.73 bits per heavy atom. The highest BCUT2D eigenvalue weighted by Crippen LogP contribution is 2.39. The molecule has 1 aliphatic rings. The summed E-state index contributed by atoms with van der Waals surface area (Å²) in [6.07, 6.45) is 0. The van der Waals surface area contributed by atoms with E-state index in [1.54, 1.807) is 12.1 Å². The lowest BCUT2D eigenvalue weighted by atomic mass is 9.75. The monoisotopic (exact) mass is 570 g/mol. The molecule has 2 N–H and O–H groups in total. The van der Waals surface area contributed by atoms with Crippen molar-refractivity contribution in [2.45, 2.75) is 29.4 Å². The number of aryl methyl sites for hydroxylation is 1. The number of nitrogens with zero attached hydrogens (tertiary/aromatic N) is 1. The lowest BCUT2D eigenvalue weighted by Crippen LogP contribution is -2.74. The SMILES string of the molecule is Cc1ccc(S(=O)(=O)OCC2C(NC(c3ccccc3)(c3ccccc3)c3ccccc3)C(=O)N2CC(=O)O)cc1. The Labute approximate surface area is 239 Å². The summed E-state index contributed by atoms with van der Waals surface area (Å²) >= 11 is 0. The largest absolute Gasteiger partial charge is 0.480 e. The van der Waals surface area contributed by atoms with Crippen molar-refractivity contribution in [3.63, 3.8) is 0 Å². The van der Waals surface area contributed by atoms with Gasteiger partial charge in [0.25, 0.3) is 10.1 Å². The highest BCUT2D eigenvalue weighted by atomic mass is 32.2. The minimum absolute atomic E-state index is 0.0183. The maximum atomic E-state index is 13.5. The van der Waals surface area contributed by atoms with Gasteiger partial charge in [-0.05, 0) is 35.7 Å². The predicted octanol–water partition coefficient (Wildman–Crippen LogP) is 3.95. The molecule has 0 bridgehead atoms. The van der Waals surface area contributed by atoms with E-state index in [4.69, 9.17) is 4.18 Å². The number of carbonyl (C=O) groups excluding carboxylic acids is 1. The van der Waals surface area contributed by atoms with Crippen LogP contribution in [0.5, 0.6) is 0 Å². The number of aliphatic carboxylic acids is 1. The molecular formula is C32H30N2O6S.